The number of hydrogen-bond acceptors (Lipinski definition) is 4. The summed E-state index contributed by atoms with van der Waals surface area (Å²) < 4.78 is 5.61. The number of hydrogen-bond donors (Lipinski definition) is 1. The first-order valence-corrected chi connectivity index (χ1v) is 6.22. The summed E-state index contributed by atoms with van der Waals surface area (Å²) in [5.41, 5.74) is 10.9. The number of ether oxygens (including phenoxy) is 1. The van der Waals surface area contributed by atoms with Crippen LogP contribution in [0.2, 0.25) is 0 Å². The third kappa shape index (κ3) is 4.07. The summed E-state index contributed by atoms with van der Waals surface area (Å²) in [6.45, 7) is 0.0953. The van der Waals surface area contributed by atoms with Crippen LogP contribution < -0.4 is 4.74 Å². The van der Waals surface area contributed by atoms with E-state index in [2.05, 4.69) is 10.0 Å². The van der Waals surface area contributed by atoms with E-state index in [1.54, 1.807) is 36.4 Å². The van der Waals surface area contributed by atoms with Crippen molar-refractivity contribution in [3.8, 4) is 5.75 Å². The van der Waals surface area contributed by atoms with Gasteiger partial charge < -0.3 is 9.84 Å². The predicted molar refractivity (Wildman–Crippen MR) is 77.3 cm³/mol. The molecule has 0 aliphatic carbocycles. The van der Waals surface area contributed by atoms with Crippen LogP contribution in [-0.2, 0) is 13.2 Å². The Balaban J connectivity index is 2.16. The minimum absolute atomic E-state index is 0.175. The zero-order chi connectivity index (χ0) is 15.1. The number of carbonyl (C=O) groups excluding carboxylic acids is 1. The van der Waals surface area contributed by atoms with Crippen LogP contribution in [0.5, 0.6) is 5.75 Å². The van der Waals surface area contributed by atoms with Crippen LogP contribution in [0.3, 0.4) is 0 Å². The third-order valence-corrected chi connectivity index (χ3v) is 2.79. The van der Waals surface area contributed by atoms with Gasteiger partial charge in [0.25, 0.3) is 0 Å². The molecule has 0 heterocycles. The van der Waals surface area contributed by atoms with Gasteiger partial charge in [0.05, 0.1) is 6.61 Å². The molecule has 106 valence electrons. The van der Waals surface area contributed by atoms with E-state index in [1.807, 2.05) is 6.07 Å². The van der Waals surface area contributed by atoms with E-state index in [0.717, 1.165) is 11.8 Å². The Morgan fingerprint density at radius 3 is 2.81 bits per heavy atom. The summed E-state index contributed by atoms with van der Waals surface area (Å²) in [6, 6.07) is 11.9. The first kappa shape index (κ1) is 14.6. The minimum atomic E-state index is -0.175. The summed E-state index contributed by atoms with van der Waals surface area (Å²) in [5.74, 6) is 0.487. The lowest BCUT2D eigenvalue weighted by molar-refractivity contribution is 0.112. The average Bonchev–Trinajstić information content (AvgIpc) is 2.53. The van der Waals surface area contributed by atoms with Gasteiger partial charge in [0.1, 0.15) is 18.6 Å². The fraction of sp³-hybridized carbons (Fsp3) is 0.133. The highest BCUT2D eigenvalue weighted by atomic mass is 16.5. The smallest absolute Gasteiger partial charge is 0.150 e. The normalized spacial score (nSPS) is 9.76. The number of carbonyl (C=O) groups is 1. The van der Waals surface area contributed by atoms with Crippen molar-refractivity contribution >= 4 is 12.0 Å². The Morgan fingerprint density at radius 2 is 2.10 bits per heavy atom. The summed E-state index contributed by atoms with van der Waals surface area (Å²) in [5, 5.41) is 12.7. The molecule has 0 atom stereocenters. The molecule has 0 radical (unpaired) electrons. The van der Waals surface area contributed by atoms with Crippen molar-refractivity contribution < 1.29 is 14.6 Å². The summed E-state index contributed by atoms with van der Waals surface area (Å²) >= 11 is 0. The second-order valence-electron chi connectivity index (χ2n) is 4.33. The van der Waals surface area contributed by atoms with Crippen molar-refractivity contribution in [1.82, 2.24) is 0 Å². The van der Waals surface area contributed by atoms with Gasteiger partial charge in [-0.05, 0) is 40.9 Å². The third-order valence-electron chi connectivity index (χ3n) is 2.79. The van der Waals surface area contributed by atoms with Gasteiger partial charge in [-0.15, -0.1) is 0 Å². The standard InChI is InChI=1S/C15H13N3O3/c16-18-17-14-5-13(9-20)6-15(7-14)21-10-12-3-1-2-11(4-12)8-19/h1-8,20H,9-10H2. The van der Waals surface area contributed by atoms with Gasteiger partial charge in [0.2, 0.25) is 0 Å². The van der Waals surface area contributed by atoms with Crippen LogP contribution in [0, 0.1) is 0 Å². The van der Waals surface area contributed by atoms with Crippen LogP contribution in [0.1, 0.15) is 21.5 Å². The molecule has 0 saturated heterocycles. The van der Waals surface area contributed by atoms with E-state index in [9.17, 15) is 9.90 Å². The predicted octanol–water partition coefficient (Wildman–Crippen LogP) is 3.51. The Bertz CT molecular complexity index is 694. The number of benzene rings is 2. The van der Waals surface area contributed by atoms with Gasteiger partial charge in [-0.25, -0.2) is 0 Å². The highest BCUT2D eigenvalue weighted by Crippen LogP contribution is 2.24. The van der Waals surface area contributed by atoms with E-state index < -0.39 is 0 Å². The number of aliphatic hydroxyl groups is 1. The SMILES string of the molecule is [N-]=[N+]=Nc1cc(CO)cc(OCc2cccc(C=O)c2)c1. The zero-order valence-electron chi connectivity index (χ0n) is 11.1. The number of aldehydes is 1. The van der Waals surface area contributed by atoms with Crippen LogP contribution in [0.25, 0.3) is 10.4 Å². The van der Waals surface area contributed by atoms with Crippen molar-refractivity contribution in [1.29, 1.82) is 0 Å². The van der Waals surface area contributed by atoms with Crippen molar-refractivity contribution in [2.75, 3.05) is 0 Å². The van der Waals surface area contributed by atoms with E-state index in [4.69, 9.17) is 10.3 Å². The molecular weight excluding hydrogens is 270 g/mol. The van der Waals surface area contributed by atoms with Gasteiger partial charge >= 0.3 is 0 Å². The highest BCUT2D eigenvalue weighted by Gasteiger charge is 2.02. The number of rotatable bonds is 6. The number of aliphatic hydroxyl groups excluding tert-OH is 1. The molecule has 2 rings (SSSR count). The fourth-order valence-electron chi connectivity index (χ4n) is 1.85. The van der Waals surface area contributed by atoms with E-state index >= 15 is 0 Å². The summed E-state index contributed by atoms with van der Waals surface area (Å²) in [7, 11) is 0. The van der Waals surface area contributed by atoms with E-state index in [0.29, 0.717) is 22.6 Å². The van der Waals surface area contributed by atoms with Crippen molar-refractivity contribution in [3.63, 3.8) is 0 Å². The van der Waals surface area contributed by atoms with Crippen LogP contribution in [0.4, 0.5) is 5.69 Å². The lowest BCUT2D eigenvalue weighted by atomic mass is 10.1. The fourth-order valence-corrected chi connectivity index (χ4v) is 1.85. The van der Waals surface area contributed by atoms with Gasteiger partial charge in [-0.1, -0.05) is 23.3 Å². The lowest BCUT2D eigenvalue weighted by Gasteiger charge is -2.09. The molecule has 0 unspecified atom stereocenters. The molecule has 0 spiro atoms. The van der Waals surface area contributed by atoms with Crippen LogP contribution in [0.15, 0.2) is 47.6 Å². The Morgan fingerprint density at radius 1 is 1.24 bits per heavy atom. The molecule has 21 heavy (non-hydrogen) atoms. The molecule has 0 fully saturated rings. The molecule has 0 aromatic heterocycles. The molecule has 6 nitrogen and oxygen atoms in total. The van der Waals surface area contributed by atoms with Crippen molar-refractivity contribution in [3.05, 3.63) is 69.6 Å². The molecule has 2 aromatic rings. The molecule has 2 aromatic carbocycles. The first-order chi connectivity index (χ1) is 10.2. The second-order valence-corrected chi connectivity index (χ2v) is 4.33. The molecule has 1 N–H and O–H groups in total. The maximum atomic E-state index is 10.7. The maximum Gasteiger partial charge on any atom is 0.150 e. The Kier molecular flexibility index (Phi) is 4.93. The zero-order valence-corrected chi connectivity index (χ0v) is 11.1. The Hall–Kier alpha value is -2.82. The quantitative estimate of drug-likeness (QED) is 0.380. The number of azide groups is 1. The number of nitrogens with zero attached hydrogens (tertiary/aromatic N) is 3. The average molecular weight is 283 g/mol. The van der Waals surface area contributed by atoms with E-state index in [1.165, 1.54) is 0 Å². The van der Waals surface area contributed by atoms with Gasteiger partial charge in [-0.3, -0.25) is 4.79 Å². The first-order valence-electron chi connectivity index (χ1n) is 6.22. The topological polar surface area (TPSA) is 95.3 Å². The minimum Gasteiger partial charge on any atom is -0.489 e. The molecule has 0 saturated carbocycles. The second kappa shape index (κ2) is 7.09. The molecule has 0 bridgehead atoms. The van der Waals surface area contributed by atoms with E-state index in [-0.39, 0.29) is 13.2 Å². The Labute approximate surface area is 121 Å². The van der Waals surface area contributed by atoms with Crippen LogP contribution in [-0.4, -0.2) is 11.4 Å². The van der Waals surface area contributed by atoms with Gasteiger partial charge in [0.15, 0.2) is 0 Å². The molecule has 0 aliphatic heterocycles. The largest absolute Gasteiger partial charge is 0.489 e. The van der Waals surface area contributed by atoms with Gasteiger partial charge in [-0.2, -0.15) is 0 Å². The van der Waals surface area contributed by atoms with Crippen molar-refractivity contribution in [2.24, 2.45) is 5.11 Å². The molecular formula is C15H13N3O3. The van der Waals surface area contributed by atoms with Crippen LogP contribution >= 0.6 is 0 Å². The van der Waals surface area contributed by atoms with Gasteiger partial charge in [0, 0.05) is 16.2 Å². The monoisotopic (exact) mass is 283 g/mol. The van der Waals surface area contributed by atoms with Crippen molar-refractivity contribution in [2.45, 2.75) is 13.2 Å². The summed E-state index contributed by atoms with van der Waals surface area (Å²) in [6.07, 6.45) is 0.773. The molecule has 6 heteroatoms. The summed E-state index contributed by atoms with van der Waals surface area (Å²) in [4.78, 5) is 13.4. The highest BCUT2D eigenvalue weighted by molar-refractivity contribution is 5.74. The molecule has 0 aliphatic rings. The lowest BCUT2D eigenvalue weighted by Crippen LogP contribution is -1.97. The maximum absolute atomic E-state index is 10.7. The molecule has 0 amide bonds.